The summed E-state index contributed by atoms with van der Waals surface area (Å²) in [6, 6.07) is 8.24. The highest BCUT2D eigenvalue weighted by Gasteiger charge is 2.26. The monoisotopic (exact) mass is 239 g/mol. The van der Waals surface area contributed by atoms with Crippen molar-refractivity contribution in [2.75, 3.05) is 5.73 Å². The zero-order chi connectivity index (χ0) is 12.7. The number of hydrogen-bond acceptors (Lipinski definition) is 3. The van der Waals surface area contributed by atoms with Gasteiger partial charge in [0.15, 0.2) is 5.82 Å². The van der Waals surface area contributed by atoms with Crippen LogP contribution in [0.2, 0.25) is 0 Å². The van der Waals surface area contributed by atoms with E-state index in [0.29, 0.717) is 11.7 Å². The van der Waals surface area contributed by atoms with Crippen LogP contribution in [0, 0.1) is 13.8 Å². The van der Waals surface area contributed by atoms with Crippen LogP contribution < -0.4 is 5.73 Å². The van der Waals surface area contributed by atoms with Crippen LogP contribution in [0.15, 0.2) is 24.3 Å². The Morgan fingerprint density at radius 2 is 1.89 bits per heavy atom. The molecule has 0 unspecified atom stereocenters. The molecule has 3 heteroatoms. The molecule has 1 fully saturated rings. The van der Waals surface area contributed by atoms with Gasteiger partial charge in [-0.05, 0) is 38.3 Å². The molecule has 0 saturated heterocycles. The van der Waals surface area contributed by atoms with Crippen molar-refractivity contribution in [1.29, 1.82) is 0 Å². The van der Waals surface area contributed by atoms with Gasteiger partial charge in [0.2, 0.25) is 0 Å². The van der Waals surface area contributed by atoms with E-state index < -0.39 is 0 Å². The number of nitrogens with zero attached hydrogens (tertiary/aromatic N) is 2. The molecule has 2 aromatic rings. The molecule has 0 bridgehead atoms. The summed E-state index contributed by atoms with van der Waals surface area (Å²) in [5.74, 6) is 1.93. The lowest BCUT2D eigenvalue weighted by Crippen LogP contribution is -2.00. The number of nitrogen functional groups attached to an aromatic ring is 1. The Morgan fingerprint density at radius 3 is 2.61 bits per heavy atom. The second-order valence-corrected chi connectivity index (χ2v) is 5.13. The molecule has 1 aliphatic carbocycles. The number of aromatic nitrogens is 2. The summed E-state index contributed by atoms with van der Waals surface area (Å²) in [5, 5.41) is 0. The molecule has 1 saturated carbocycles. The maximum Gasteiger partial charge on any atom is 0.162 e. The molecule has 3 rings (SSSR count). The smallest absolute Gasteiger partial charge is 0.162 e. The molecular formula is C15H17N3. The van der Waals surface area contributed by atoms with Crippen molar-refractivity contribution in [1.82, 2.24) is 9.97 Å². The molecule has 1 aromatic heterocycles. The molecule has 2 N–H and O–H groups in total. The minimum atomic E-state index is 0.572. The molecule has 1 heterocycles. The zero-order valence-corrected chi connectivity index (χ0v) is 10.8. The maximum atomic E-state index is 5.90. The van der Waals surface area contributed by atoms with E-state index in [1.807, 2.05) is 6.07 Å². The van der Waals surface area contributed by atoms with E-state index in [0.717, 1.165) is 17.1 Å². The van der Waals surface area contributed by atoms with Crippen molar-refractivity contribution < 1.29 is 0 Å². The van der Waals surface area contributed by atoms with Gasteiger partial charge in [0.05, 0.1) is 0 Å². The zero-order valence-electron chi connectivity index (χ0n) is 10.8. The van der Waals surface area contributed by atoms with Crippen molar-refractivity contribution in [2.45, 2.75) is 32.6 Å². The van der Waals surface area contributed by atoms with Crippen molar-refractivity contribution in [3.8, 4) is 11.4 Å². The first-order chi connectivity index (χ1) is 8.63. The van der Waals surface area contributed by atoms with Gasteiger partial charge in [-0.3, -0.25) is 0 Å². The third-order valence-corrected chi connectivity index (χ3v) is 3.40. The van der Waals surface area contributed by atoms with E-state index >= 15 is 0 Å². The molecule has 18 heavy (non-hydrogen) atoms. The lowest BCUT2D eigenvalue weighted by atomic mass is 10.0. The predicted molar refractivity (Wildman–Crippen MR) is 73.3 cm³/mol. The van der Waals surface area contributed by atoms with Gasteiger partial charge in [0.25, 0.3) is 0 Å². The fraction of sp³-hybridized carbons (Fsp3) is 0.333. The Kier molecular flexibility index (Phi) is 2.54. The first-order valence-corrected chi connectivity index (χ1v) is 6.35. The van der Waals surface area contributed by atoms with Crippen molar-refractivity contribution in [3.05, 3.63) is 41.1 Å². The normalized spacial score (nSPS) is 14.8. The predicted octanol–water partition coefficient (Wildman–Crippen LogP) is 3.22. The van der Waals surface area contributed by atoms with Crippen LogP contribution in [-0.2, 0) is 0 Å². The number of hydrogen-bond donors (Lipinski definition) is 1. The molecule has 0 atom stereocenters. The average molecular weight is 239 g/mol. The first kappa shape index (κ1) is 11.2. The summed E-state index contributed by atoms with van der Waals surface area (Å²) in [6.07, 6.45) is 2.45. The Bertz CT molecular complexity index is 601. The van der Waals surface area contributed by atoms with Crippen LogP contribution in [0.5, 0.6) is 0 Å². The van der Waals surface area contributed by atoms with Crippen molar-refractivity contribution in [3.63, 3.8) is 0 Å². The summed E-state index contributed by atoms with van der Waals surface area (Å²) in [6.45, 7) is 4.16. The summed E-state index contributed by atoms with van der Waals surface area (Å²) in [5.41, 5.74) is 10.5. The SMILES string of the molecule is Cc1ccc(C)c(-c2nc(N)cc(C3CC3)n2)c1. The second kappa shape index (κ2) is 4.09. The van der Waals surface area contributed by atoms with Gasteiger partial charge in [-0.2, -0.15) is 0 Å². The fourth-order valence-corrected chi connectivity index (χ4v) is 2.17. The second-order valence-electron chi connectivity index (χ2n) is 5.13. The Hall–Kier alpha value is -1.90. The highest BCUT2D eigenvalue weighted by Crippen LogP contribution is 2.40. The standard InChI is InChI=1S/C15H17N3/c1-9-3-4-10(2)12(7-9)15-17-13(11-5-6-11)8-14(16)18-15/h3-4,7-8,11H,5-6H2,1-2H3,(H2,16,17,18). The van der Waals surface area contributed by atoms with Crippen molar-refractivity contribution >= 4 is 5.82 Å². The summed E-state index contributed by atoms with van der Waals surface area (Å²) in [7, 11) is 0. The van der Waals surface area contributed by atoms with E-state index in [2.05, 4.69) is 42.0 Å². The Labute approximate surface area is 107 Å². The minimum absolute atomic E-state index is 0.572. The molecule has 0 amide bonds. The molecule has 0 aliphatic heterocycles. The van der Waals surface area contributed by atoms with E-state index in [-0.39, 0.29) is 0 Å². The molecule has 1 aliphatic rings. The third kappa shape index (κ3) is 2.08. The lowest BCUT2D eigenvalue weighted by molar-refractivity contribution is 0.996. The molecule has 3 nitrogen and oxygen atoms in total. The number of nitrogens with two attached hydrogens (primary N) is 1. The highest BCUT2D eigenvalue weighted by atomic mass is 15.0. The van der Waals surface area contributed by atoms with Crippen LogP contribution >= 0.6 is 0 Å². The van der Waals surface area contributed by atoms with E-state index in [9.17, 15) is 0 Å². The molecule has 0 radical (unpaired) electrons. The minimum Gasteiger partial charge on any atom is -0.384 e. The van der Waals surface area contributed by atoms with Gasteiger partial charge in [-0.15, -0.1) is 0 Å². The van der Waals surface area contributed by atoms with Gasteiger partial charge in [0, 0.05) is 23.2 Å². The van der Waals surface area contributed by atoms with Crippen molar-refractivity contribution in [2.24, 2.45) is 0 Å². The van der Waals surface area contributed by atoms with Crippen LogP contribution in [-0.4, -0.2) is 9.97 Å². The summed E-state index contributed by atoms with van der Waals surface area (Å²) >= 11 is 0. The fourth-order valence-electron chi connectivity index (χ4n) is 2.17. The highest BCUT2D eigenvalue weighted by molar-refractivity contribution is 5.62. The van der Waals surface area contributed by atoms with E-state index in [1.54, 1.807) is 0 Å². The van der Waals surface area contributed by atoms with Gasteiger partial charge >= 0.3 is 0 Å². The number of anilines is 1. The largest absolute Gasteiger partial charge is 0.384 e. The molecule has 0 spiro atoms. The summed E-state index contributed by atoms with van der Waals surface area (Å²) in [4.78, 5) is 9.06. The van der Waals surface area contributed by atoms with Gasteiger partial charge in [-0.25, -0.2) is 9.97 Å². The summed E-state index contributed by atoms with van der Waals surface area (Å²) < 4.78 is 0. The molecular weight excluding hydrogens is 222 g/mol. The van der Waals surface area contributed by atoms with Gasteiger partial charge in [-0.1, -0.05) is 17.7 Å². The molecule has 92 valence electrons. The third-order valence-electron chi connectivity index (χ3n) is 3.40. The van der Waals surface area contributed by atoms with Crippen LogP contribution in [0.4, 0.5) is 5.82 Å². The molecule has 1 aromatic carbocycles. The van der Waals surface area contributed by atoms with Crippen LogP contribution in [0.1, 0.15) is 35.6 Å². The van der Waals surface area contributed by atoms with E-state index in [4.69, 9.17) is 5.73 Å². The Morgan fingerprint density at radius 1 is 1.11 bits per heavy atom. The number of rotatable bonds is 2. The first-order valence-electron chi connectivity index (χ1n) is 6.35. The van der Waals surface area contributed by atoms with Crippen LogP contribution in [0.3, 0.4) is 0 Å². The van der Waals surface area contributed by atoms with Gasteiger partial charge < -0.3 is 5.73 Å². The topological polar surface area (TPSA) is 51.8 Å². The van der Waals surface area contributed by atoms with Gasteiger partial charge in [0.1, 0.15) is 5.82 Å². The number of benzene rings is 1. The maximum absolute atomic E-state index is 5.90. The Balaban J connectivity index is 2.12. The number of aryl methyl sites for hydroxylation is 2. The average Bonchev–Trinajstić information content (AvgIpc) is 3.15. The van der Waals surface area contributed by atoms with Crippen LogP contribution in [0.25, 0.3) is 11.4 Å². The lowest BCUT2D eigenvalue weighted by Gasteiger charge is -2.08. The van der Waals surface area contributed by atoms with E-state index in [1.165, 1.54) is 24.0 Å². The quantitative estimate of drug-likeness (QED) is 0.875.